The minimum absolute atomic E-state index is 0.0314. The van der Waals surface area contributed by atoms with Crippen LogP contribution in [0, 0.1) is 17.0 Å². The minimum atomic E-state index is -0.434. The summed E-state index contributed by atoms with van der Waals surface area (Å²) in [5, 5.41) is 13.7. The molecule has 0 aliphatic carbocycles. The predicted molar refractivity (Wildman–Crippen MR) is 62.1 cm³/mol. The third-order valence-corrected chi connectivity index (χ3v) is 2.95. The average Bonchev–Trinajstić information content (AvgIpc) is 2.20. The van der Waals surface area contributed by atoms with Gasteiger partial charge in [-0.3, -0.25) is 10.1 Å². The van der Waals surface area contributed by atoms with E-state index in [2.05, 4.69) is 26.2 Å². The summed E-state index contributed by atoms with van der Waals surface area (Å²) < 4.78 is 0.658. The Labute approximate surface area is 96.2 Å². The molecule has 15 heavy (non-hydrogen) atoms. The number of aromatic nitrogens is 1. The third-order valence-electron chi connectivity index (χ3n) is 1.98. The van der Waals surface area contributed by atoms with Crippen molar-refractivity contribution in [2.24, 2.45) is 0 Å². The second-order valence-electron chi connectivity index (χ2n) is 3.11. The smallest absolute Gasteiger partial charge is 0.291 e. The zero-order valence-electron chi connectivity index (χ0n) is 8.58. The molecule has 0 bridgehead atoms. The van der Waals surface area contributed by atoms with Gasteiger partial charge in [0.2, 0.25) is 0 Å². The minimum Gasteiger partial charge on any atom is -0.369 e. The number of rotatable bonds is 4. The summed E-state index contributed by atoms with van der Waals surface area (Å²) in [7, 11) is 0. The van der Waals surface area contributed by atoms with Crippen LogP contribution in [0.1, 0.15) is 18.9 Å². The highest BCUT2D eigenvalue weighted by atomic mass is 79.9. The molecular weight excluding hydrogens is 262 g/mol. The van der Waals surface area contributed by atoms with Gasteiger partial charge < -0.3 is 5.32 Å². The fourth-order valence-electron chi connectivity index (χ4n) is 1.12. The molecule has 0 aliphatic rings. The van der Waals surface area contributed by atoms with E-state index >= 15 is 0 Å². The predicted octanol–water partition coefficient (Wildman–Crippen LogP) is 2.88. The molecule has 0 saturated heterocycles. The Kier molecular flexibility index (Phi) is 4.02. The molecule has 0 atom stereocenters. The molecule has 5 nitrogen and oxygen atoms in total. The first-order valence-corrected chi connectivity index (χ1v) is 5.40. The Balaban J connectivity index is 3.04. The lowest BCUT2D eigenvalue weighted by Crippen LogP contribution is -2.04. The summed E-state index contributed by atoms with van der Waals surface area (Å²) in [5.41, 5.74) is 0.623. The summed E-state index contributed by atoms with van der Waals surface area (Å²) in [4.78, 5) is 14.2. The van der Waals surface area contributed by atoms with Crippen LogP contribution in [0.25, 0.3) is 0 Å². The molecule has 6 heteroatoms. The molecule has 0 aliphatic heterocycles. The molecule has 82 valence electrons. The highest BCUT2D eigenvalue weighted by Gasteiger charge is 2.16. The Hall–Kier alpha value is -1.17. The van der Waals surface area contributed by atoms with Crippen LogP contribution in [0.5, 0.6) is 0 Å². The first-order valence-electron chi connectivity index (χ1n) is 4.61. The largest absolute Gasteiger partial charge is 0.369 e. The van der Waals surface area contributed by atoms with E-state index in [1.165, 1.54) is 6.20 Å². The summed E-state index contributed by atoms with van der Waals surface area (Å²) in [6.45, 7) is 4.53. The van der Waals surface area contributed by atoms with Gasteiger partial charge in [0.1, 0.15) is 12.0 Å². The van der Waals surface area contributed by atoms with Crippen molar-refractivity contribution in [2.45, 2.75) is 20.3 Å². The Morgan fingerprint density at radius 2 is 2.33 bits per heavy atom. The molecule has 0 spiro atoms. The van der Waals surface area contributed by atoms with Gasteiger partial charge in [-0.1, -0.05) is 6.92 Å². The Bertz CT molecular complexity index is 382. The number of nitrogens with one attached hydrogen (secondary N) is 1. The summed E-state index contributed by atoms with van der Waals surface area (Å²) in [6.07, 6.45) is 2.25. The van der Waals surface area contributed by atoms with Crippen LogP contribution in [0.4, 0.5) is 11.5 Å². The van der Waals surface area contributed by atoms with Gasteiger partial charge in [-0.05, 0) is 29.3 Å². The van der Waals surface area contributed by atoms with Gasteiger partial charge in [0.25, 0.3) is 5.69 Å². The molecule has 1 aromatic heterocycles. The van der Waals surface area contributed by atoms with Crippen molar-refractivity contribution >= 4 is 27.4 Å². The molecule has 0 radical (unpaired) electrons. The SMILES string of the molecule is CCCNc1ncc([N+](=O)[O-])c(C)c1Br. The lowest BCUT2D eigenvalue weighted by molar-refractivity contribution is -0.385. The maximum atomic E-state index is 10.6. The van der Waals surface area contributed by atoms with Crippen LogP contribution in [0.2, 0.25) is 0 Å². The quantitative estimate of drug-likeness (QED) is 0.677. The molecule has 1 heterocycles. The Morgan fingerprint density at radius 3 is 2.87 bits per heavy atom. The van der Waals surface area contributed by atoms with Crippen molar-refractivity contribution in [3.8, 4) is 0 Å². The number of halogens is 1. The summed E-state index contributed by atoms with van der Waals surface area (Å²) >= 11 is 3.30. The lowest BCUT2D eigenvalue weighted by atomic mass is 10.2. The van der Waals surface area contributed by atoms with Crippen molar-refractivity contribution in [1.82, 2.24) is 4.98 Å². The molecule has 0 saturated carbocycles. The lowest BCUT2D eigenvalue weighted by Gasteiger charge is -2.08. The highest BCUT2D eigenvalue weighted by molar-refractivity contribution is 9.10. The van der Waals surface area contributed by atoms with E-state index in [1.807, 2.05) is 6.92 Å². The fourth-order valence-corrected chi connectivity index (χ4v) is 1.57. The van der Waals surface area contributed by atoms with Crippen LogP contribution < -0.4 is 5.32 Å². The van der Waals surface area contributed by atoms with Crippen LogP contribution in [-0.2, 0) is 0 Å². The van der Waals surface area contributed by atoms with Crippen LogP contribution >= 0.6 is 15.9 Å². The molecule has 0 amide bonds. The van der Waals surface area contributed by atoms with Crippen LogP contribution in [-0.4, -0.2) is 16.5 Å². The molecule has 1 N–H and O–H groups in total. The standard InChI is InChI=1S/C9H12BrN3O2/c1-3-4-11-9-8(10)6(2)7(5-12-9)13(14)15/h5H,3-4H2,1-2H3,(H,11,12). The van der Waals surface area contributed by atoms with E-state index in [4.69, 9.17) is 0 Å². The number of nitro groups is 1. The van der Waals surface area contributed by atoms with Crippen molar-refractivity contribution < 1.29 is 4.92 Å². The van der Waals surface area contributed by atoms with Crippen LogP contribution in [0.3, 0.4) is 0 Å². The molecule has 0 aromatic carbocycles. The second-order valence-corrected chi connectivity index (χ2v) is 3.91. The van der Waals surface area contributed by atoms with E-state index in [1.54, 1.807) is 6.92 Å². The van der Waals surface area contributed by atoms with E-state index in [9.17, 15) is 10.1 Å². The summed E-state index contributed by atoms with van der Waals surface area (Å²) in [6, 6.07) is 0. The van der Waals surface area contributed by atoms with Crippen LogP contribution in [0.15, 0.2) is 10.7 Å². The zero-order chi connectivity index (χ0) is 11.4. The fraction of sp³-hybridized carbons (Fsp3) is 0.444. The molecule has 0 fully saturated rings. The number of hydrogen-bond acceptors (Lipinski definition) is 4. The van der Waals surface area contributed by atoms with E-state index in [0.29, 0.717) is 15.9 Å². The first-order chi connectivity index (χ1) is 7.07. The topological polar surface area (TPSA) is 68.1 Å². The number of nitrogens with zero attached hydrogens (tertiary/aromatic N) is 2. The normalized spacial score (nSPS) is 10.1. The van der Waals surface area contributed by atoms with Gasteiger partial charge >= 0.3 is 0 Å². The second kappa shape index (κ2) is 5.06. The van der Waals surface area contributed by atoms with Gasteiger partial charge in [0.05, 0.1) is 9.40 Å². The molecular formula is C9H12BrN3O2. The molecule has 0 unspecified atom stereocenters. The number of pyridine rings is 1. The van der Waals surface area contributed by atoms with Gasteiger partial charge in [0, 0.05) is 12.1 Å². The number of hydrogen-bond donors (Lipinski definition) is 1. The zero-order valence-corrected chi connectivity index (χ0v) is 10.2. The van der Waals surface area contributed by atoms with Crippen molar-refractivity contribution in [3.05, 3.63) is 26.3 Å². The van der Waals surface area contributed by atoms with Gasteiger partial charge in [-0.2, -0.15) is 0 Å². The molecule has 1 rings (SSSR count). The van der Waals surface area contributed by atoms with Crippen molar-refractivity contribution in [1.29, 1.82) is 0 Å². The average molecular weight is 274 g/mol. The van der Waals surface area contributed by atoms with Crippen molar-refractivity contribution in [3.63, 3.8) is 0 Å². The molecule has 1 aromatic rings. The van der Waals surface area contributed by atoms with E-state index in [-0.39, 0.29) is 5.69 Å². The monoisotopic (exact) mass is 273 g/mol. The van der Waals surface area contributed by atoms with Gasteiger partial charge in [-0.15, -0.1) is 0 Å². The van der Waals surface area contributed by atoms with Crippen molar-refractivity contribution in [2.75, 3.05) is 11.9 Å². The summed E-state index contributed by atoms with van der Waals surface area (Å²) in [5.74, 6) is 0.653. The first kappa shape index (κ1) is 11.9. The maximum absolute atomic E-state index is 10.6. The highest BCUT2D eigenvalue weighted by Crippen LogP contribution is 2.30. The third kappa shape index (κ3) is 2.65. The van der Waals surface area contributed by atoms with E-state index < -0.39 is 4.92 Å². The van der Waals surface area contributed by atoms with E-state index in [0.717, 1.165) is 13.0 Å². The van der Waals surface area contributed by atoms with Gasteiger partial charge in [-0.25, -0.2) is 4.98 Å². The maximum Gasteiger partial charge on any atom is 0.291 e. The van der Waals surface area contributed by atoms with Gasteiger partial charge in [0.15, 0.2) is 0 Å². The Morgan fingerprint density at radius 1 is 1.67 bits per heavy atom. The number of anilines is 1.